The van der Waals surface area contributed by atoms with Gasteiger partial charge in [-0.05, 0) is 24.1 Å². The third-order valence-electron chi connectivity index (χ3n) is 2.22. The van der Waals surface area contributed by atoms with Crippen LogP contribution in [0.15, 0.2) is 24.3 Å². The standard InChI is InChI=1S/C12H13NO3/c1-15-11-5-3-4-9(7-11)6-10(8-13)12(14)16-2/h3-5,7,10H,6H2,1-2H3. The molecule has 4 nitrogen and oxygen atoms in total. The zero-order valence-corrected chi connectivity index (χ0v) is 9.27. The number of esters is 1. The molecule has 0 N–H and O–H groups in total. The number of hydrogen-bond acceptors (Lipinski definition) is 4. The third-order valence-corrected chi connectivity index (χ3v) is 2.22. The number of ether oxygens (including phenoxy) is 2. The van der Waals surface area contributed by atoms with Crippen molar-refractivity contribution in [1.29, 1.82) is 5.26 Å². The highest BCUT2D eigenvalue weighted by Gasteiger charge is 2.18. The largest absolute Gasteiger partial charge is 0.497 e. The van der Waals surface area contributed by atoms with E-state index in [2.05, 4.69) is 4.74 Å². The quantitative estimate of drug-likeness (QED) is 0.721. The van der Waals surface area contributed by atoms with Gasteiger partial charge in [-0.25, -0.2) is 0 Å². The Balaban J connectivity index is 2.78. The van der Waals surface area contributed by atoms with Crippen molar-refractivity contribution in [3.63, 3.8) is 0 Å². The Morgan fingerprint density at radius 1 is 1.50 bits per heavy atom. The van der Waals surface area contributed by atoms with Crippen molar-refractivity contribution in [2.75, 3.05) is 14.2 Å². The maximum atomic E-state index is 11.2. The molecule has 4 heteroatoms. The smallest absolute Gasteiger partial charge is 0.323 e. The molecule has 0 bridgehead atoms. The van der Waals surface area contributed by atoms with Gasteiger partial charge in [0, 0.05) is 0 Å². The number of hydrogen-bond donors (Lipinski definition) is 0. The first kappa shape index (κ1) is 12.1. The summed E-state index contributed by atoms with van der Waals surface area (Å²) in [6, 6.07) is 9.19. The van der Waals surface area contributed by atoms with Crippen LogP contribution in [0.5, 0.6) is 5.75 Å². The molecule has 0 aliphatic rings. The van der Waals surface area contributed by atoms with Crippen molar-refractivity contribution in [3.8, 4) is 11.8 Å². The summed E-state index contributed by atoms with van der Waals surface area (Å²) in [4.78, 5) is 11.2. The van der Waals surface area contributed by atoms with Gasteiger partial charge < -0.3 is 9.47 Å². The van der Waals surface area contributed by atoms with E-state index in [0.717, 1.165) is 5.56 Å². The van der Waals surface area contributed by atoms with Gasteiger partial charge in [-0.3, -0.25) is 4.79 Å². The van der Waals surface area contributed by atoms with Gasteiger partial charge in [0.1, 0.15) is 11.7 Å². The van der Waals surface area contributed by atoms with Gasteiger partial charge in [-0.15, -0.1) is 0 Å². The van der Waals surface area contributed by atoms with E-state index in [1.54, 1.807) is 13.2 Å². The highest BCUT2D eigenvalue weighted by atomic mass is 16.5. The van der Waals surface area contributed by atoms with Crippen molar-refractivity contribution < 1.29 is 14.3 Å². The van der Waals surface area contributed by atoms with Crippen molar-refractivity contribution >= 4 is 5.97 Å². The minimum absolute atomic E-state index is 0.334. The Hall–Kier alpha value is -2.02. The highest BCUT2D eigenvalue weighted by Crippen LogP contribution is 2.16. The van der Waals surface area contributed by atoms with Crippen LogP contribution >= 0.6 is 0 Å². The Bertz CT molecular complexity index is 409. The summed E-state index contributed by atoms with van der Waals surface area (Å²) >= 11 is 0. The fourth-order valence-electron chi connectivity index (χ4n) is 1.36. The molecule has 1 aromatic carbocycles. The number of carbonyl (C=O) groups excluding carboxylic acids is 1. The Morgan fingerprint density at radius 2 is 2.25 bits per heavy atom. The van der Waals surface area contributed by atoms with Gasteiger partial charge in [0.15, 0.2) is 0 Å². The molecular weight excluding hydrogens is 206 g/mol. The molecule has 0 aromatic heterocycles. The molecular formula is C12H13NO3. The first-order valence-electron chi connectivity index (χ1n) is 4.81. The number of nitrogens with zero attached hydrogens (tertiary/aromatic N) is 1. The molecule has 0 amide bonds. The molecule has 16 heavy (non-hydrogen) atoms. The van der Waals surface area contributed by atoms with E-state index in [1.807, 2.05) is 24.3 Å². The van der Waals surface area contributed by atoms with Gasteiger partial charge in [0.05, 0.1) is 20.3 Å². The summed E-state index contributed by atoms with van der Waals surface area (Å²) in [5.41, 5.74) is 0.872. The summed E-state index contributed by atoms with van der Waals surface area (Å²) in [5, 5.41) is 8.83. The first-order chi connectivity index (χ1) is 7.71. The lowest BCUT2D eigenvalue weighted by Gasteiger charge is -2.07. The second kappa shape index (κ2) is 5.76. The molecule has 0 heterocycles. The normalized spacial score (nSPS) is 11.3. The number of carbonyl (C=O) groups is 1. The molecule has 1 rings (SSSR count). The van der Waals surface area contributed by atoms with E-state index in [1.165, 1.54) is 7.11 Å². The van der Waals surface area contributed by atoms with E-state index in [9.17, 15) is 4.79 Å². The molecule has 84 valence electrons. The zero-order valence-electron chi connectivity index (χ0n) is 9.27. The van der Waals surface area contributed by atoms with Crippen molar-refractivity contribution in [2.24, 2.45) is 5.92 Å². The molecule has 0 saturated heterocycles. The number of rotatable bonds is 4. The molecule has 0 saturated carbocycles. The summed E-state index contributed by atoms with van der Waals surface area (Å²) in [5.74, 6) is -0.568. The van der Waals surface area contributed by atoms with Crippen LogP contribution in [0.1, 0.15) is 5.56 Å². The molecule has 0 aliphatic heterocycles. The molecule has 0 aliphatic carbocycles. The maximum absolute atomic E-state index is 11.2. The van der Waals surface area contributed by atoms with Crippen LogP contribution in [0.4, 0.5) is 0 Å². The lowest BCUT2D eigenvalue weighted by Crippen LogP contribution is -2.16. The van der Waals surface area contributed by atoms with E-state index in [-0.39, 0.29) is 0 Å². The van der Waals surface area contributed by atoms with E-state index >= 15 is 0 Å². The SMILES string of the molecule is COC(=O)C(C#N)Cc1cccc(OC)c1. The molecule has 0 fully saturated rings. The fraction of sp³-hybridized carbons (Fsp3) is 0.333. The predicted octanol–water partition coefficient (Wildman–Crippen LogP) is 1.55. The topological polar surface area (TPSA) is 59.3 Å². The van der Waals surface area contributed by atoms with Crippen LogP contribution < -0.4 is 4.74 Å². The second-order valence-electron chi connectivity index (χ2n) is 3.26. The zero-order chi connectivity index (χ0) is 12.0. The minimum atomic E-state index is -0.767. The van der Waals surface area contributed by atoms with Crippen LogP contribution in [0, 0.1) is 17.2 Å². The average molecular weight is 219 g/mol. The minimum Gasteiger partial charge on any atom is -0.497 e. The molecule has 1 unspecified atom stereocenters. The predicted molar refractivity (Wildman–Crippen MR) is 57.8 cm³/mol. The Kier molecular flexibility index (Phi) is 4.34. The lowest BCUT2D eigenvalue weighted by molar-refractivity contribution is -0.143. The molecule has 0 spiro atoms. The molecule has 1 aromatic rings. The average Bonchev–Trinajstić information content (AvgIpc) is 2.35. The van der Waals surface area contributed by atoms with Gasteiger partial charge in [0.25, 0.3) is 0 Å². The van der Waals surface area contributed by atoms with Gasteiger partial charge in [-0.1, -0.05) is 12.1 Å². The third kappa shape index (κ3) is 2.99. The number of methoxy groups -OCH3 is 2. The fourth-order valence-corrected chi connectivity index (χ4v) is 1.36. The monoisotopic (exact) mass is 219 g/mol. The van der Waals surface area contributed by atoms with Crippen molar-refractivity contribution in [3.05, 3.63) is 29.8 Å². The second-order valence-corrected chi connectivity index (χ2v) is 3.26. The summed E-state index contributed by atoms with van der Waals surface area (Å²) in [7, 11) is 2.85. The molecule has 1 atom stereocenters. The van der Waals surface area contributed by atoms with Gasteiger partial charge >= 0.3 is 5.97 Å². The summed E-state index contributed by atoms with van der Waals surface area (Å²) < 4.78 is 9.60. The summed E-state index contributed by atoms with van der Waals surface area (Å²) in [6.07, 6.45) is 0.334. The van der Waals surface area contributed by atoms with Crippen molar-refractivity contribution in [2.45, 2.75) is 6.42 Å². The van der Waals surface area contributed by atoms with Crippen LogP contribution in [0.25, 0.3) is 0 Å². The van der Waals surface area contributed by atoms with E-state index in [0.29, 0.717) is 12.2 Å². The Morgan fingerprint density at radius 3 is 2.81 bits per heavy atom. The van der Waals surface area contributed by atoms with Crippen LogP contribution in [-0.4, -0.2) is 20.2 Å². The van der Waals surface area contributed by atoms with Gasteiger partial charge in [0.2, 0.25) is 0 Å². The highest BCUT2D eigenvalue weighted by molar-refractivity contribution is 5.75. The van der Waals surface area contributed by atoms with Gasteiger partial charge in [-0.2, -0.15) is 5.26 Å². The molecule has 0 radical (unpaired) electrons. The number of benzene rings is 1. The van der Waals surface area contributed by atoms with E-state index < -0.39 is 11.9 Å². The summed E-state index contributed by atoms with van der Waals surface area (Å²) in [6.45, 7) is 0. The van der Waals surface area contributed by atoms with Crippen LogP contribution in [-0.2, 0) is 16.0 Å². The maximum Gasteiger partial charge on any atom is 0.323 e. The Labute approximate surface area is 94.4 Å². The van der Waals surface area contributed by atoms with Crippen LogP contribution in [0.3, 0.4) is 0 Å². The van der Waals surface area contributed by atoms with Crippen molar-refractivity contribution in [1.82, 2.24) is 0 Å². The van der Waals surface area contributed by atoms with E-state index in [4.69, 9.17) is 10.00 Å². The first-order valence-corrected chi connectivity index (χ1v) is 4.81. The number of nitriles is 1. The van der Waals surface area contributed by atoms with Crippen LogP contribution in [0.2, 0.25) is 0 Å². The lowest BCUT2D eigenvalue weighted by atomic mass is 10.0.